The van der Waals surface area contributed by atoms with E-state index in [0.29, 0.717) is 42.1 Å². The van der Waals surface area contributed by atoms with Gasteiger partial charge in [-0.25, -0.2) is 4.98 Å². The SMILES string of the molecule is CCCCc1cc(=O)n2c(ncn2Cc2cc(Cl)c3c(c2)OCCO3)n1. The molecule has 0 unspecified atom stereocenters. The summed E-state index contributed by atoms with van der Waals surface area (Å²) in [5, 5.41) is 0.494. The standard InChI is InChI=1S/C18H19ClN4O3/c1-2-3-4-13-9-16(24)23-18(21-13)20-11-22(23)10-12-7-14(19)17-15(8-12)25-5-6-26-17/h7-9,11H,2-6,10H2,1H3. The van der Waals surface area contributed by atoms with Gasteiger partial charge in [0, 0.05) is 6.07 Å². The molecular formula is C18H19ClN4O3. The summed E-state index contributed by atoms with van der Waals surface area (Å²) in [6.07, 6.45) is 4.45. The molecular weight excluding hydrogens is 356 g/mol. The zero-order chi connectivity index (χ0) is 18.1. The zero-order valence-corrected chi connectivity index (χ0v) is 15.2. The molecule has 0 bridgehead atoms. The molecule has 7 nitrogen and oxygen atoms in total. The van der Waals surface area contributed by atoms with Crippen LogP contribution in [-0.4, -0.2) is 32.4 Å². The number of nitrogens with zero attached hydrogens (tertiary/aromatic N) is 4. The third-order valence-electron chi connectivity index (χ3n) is 4.28. The molecule has 0 saturated carbocycles. The summed E-state index contributed by atoms with van der Waals surface area (Å²) in [7, 11) is 0. The second-order valence-electron chi connectivity index (χ2n) is 6.25. The first-order chi connectivity index (χ1) is 12.7. The minimum absolute atomic E-state index is 0.137. The van der Waals surface area contributed by atoms with E-state index in [-0.39, 0.29) is 5.56 Å². The Kier molecular flexibility index (Phi) is 4.55. The molecule has 1 aliphatic rings. The fourth-order valence-corrected chi connectivity index (χ4v) is 3.33. The van der Waals surface area contributed by atoms with Crippen LogP contribution in [0.1, 0.15) is 31.0 Å². The minimum atomic E-state index is -0.137. The average Bonchev–Trinajstić information content (AvgIpc) is 3.03. The summed E-state index contributed by atoms with van der Waals surface area (Å²) in [5.74, 6) is 1.60. The monoisotopic (exact) mass is 374 g/mol. The van der Waals surface area contributed by atoms with Gasteiger partial charge in [0.1, 0.15) is 19.5 Å². The van der Waals surface area contributed by atoms with Crippen LogP contribution in [0, 0.1) is 0 Å². The number of halogens is 1. The lowest BCUT2D eigenvalue weighted by Gasteiger charge is -2.20. The first-order valence-electron chi connectivity index (χ1n) is 8.68. The number of unbranched alkanes of at least 4 members (excludes halogenated alkanes) is 1. The molecule has 0 radical (unpaired) electrons. The van der Waals surface area contributed by atoms with Crippen molar-refractivity contribution in [1.29, 1.82) is 0 Å². The Hall–Kier alpha value is -2.54. The lowest BCUT2D eigenvalue weighted by atomic mass is 10.2. The molecule has 0 spiro atoms. The third-order valence-corrected chi connectivity index (χ3v) is 4.56. The summed E-state index contributed by atoms with van der Waals surface area (Å²) in [4.78, 5) is 21.3. The van der Waals surface area contributed by atoms with Crippen molar-refractivity contribution in [2.75, 3.05) is 13.2 Å². The van der Waals surface area contributed by atoms with Crippen molar-refractivity contribution >= 4 is 17.4 Å². The number of fused-ring (bicyclic) bond motifs is 2. The Bertz CT molecular complexity index is 1010. The van der Waals surface area contributed by atoms with Crippen LogP contribution in [-0.2, 0) is 13.0 Å². The molecule has 26 heavy (non-hydrogen) atoms. The maximum Gasteiger partial charge on any atom is 0.274 e. The predicted octanol–water partition coefficient (Wildman–Crippen LogP) is 2.71. The number of hydrogen-bond acceptors (Lipinski definition) is 5. The van der Waals surface area contributed by atoms with Gasteiger partial charge < -0.3 is 9.47 Å². The minimum Gasteiger partial charge on any atom is -0.486 e. The van der Waals surface area contributed by atoms with E-state index >= 15 is 0 Å². The van der Waals surface area contributed by atoms with Gasteiger partial charge in [-0.2, -0.15) is 9.50 Å². The number of benzene rings is 1. The highest BCUT2D eigenvalue weighted by Gasteiger charge is 2.17. The van der Waals surface area contributed by atoms with Crippen LogP contribution in [0.4, 0.5) is 0 Å². The third kappa shape index (κ3) is 3.14. The topological polar surface area (TPSA) is 70.7 Å². The molecule has 0 saturated heterocycles. The van der Waals surface area contributed by atoms with Crippen molar-refractivity contribution in [2.45, 2.75) is 32.7 Å². The van der Waals surface area contributed by atoms with Crippen molar-refractivity contribution in [3.05, 3.63) is 51.2 Å². The number of aryl methyl sites for hydroxylation is 1. The van der Waals surface area contributed by atoms with Gasteiger partial charge in [0.2, 0.25) is 0 Å². The lowest BCUT2D eigenvalue weighted by Crippen LogP contribution is -2.22. The highest BCUT2D eigenvalue weighted by atomic mass is 35.5. The van der Waals surface area contributed by atoms with E-state index in [2.05, 4.69) is 16.9 Å². The van der Waals surface area contributed by atoms with E-state index in [0.717, 1.165) is 30.5 Å². The van der Waals surface area contributed by atoms with Gasteiger partial charge >= 0.3 is 0 Å². The molecule has 1 aromatic carbocycles. The molecule has 0 atom stereocenters. The Morgan fingerprint density at radius 2 is 2.08 bits per heavy atom. The molecule has 4 rings (SSSR count). The lowest BCUT2D eigenvalue weighted by molar-refractivity contribution is 0.171. The van der Waals surface area contributed by atoms with E-state index in [1.165, 1.54) is 4.52 Å². The summed E-state index contributed by atoms with van der Waals surface area (Å²) < 4.78 is 14.3. The quantitative estimate of drug-likeness (QED) is 0.686. The number of ether oxygens (including phenoxy) is 2. The van der Waals surface area contributed by atoms with E-state index in [9.17, 15) is 4.79 Å². The van der Waals surface area contributed by atoms with Gasteiger partial charge in [-0.15, -0.1) is 0 Å². The molecule has 1 aliphatic heterocycles. The Labute approximate surface area is 155 Å². The molecule has 2 aromatic heterocycles. The zero-order valence-electron chi connectivity index (χ0n) is 14.4. The number of rotatable bonds is 5. The molecule has 8 heteroatoms. The highest BCUT2D eigenvalue weighted by molar-refractivity contribution is 6.32. The summed E-state index contributed by atoms with van der Waals surface area (Å²) in [6.45, 7) is 3.51. The van der Waals surface area contributed by atoms with E-state index < -0.39 is 0 Å². The van der Waals surface area contributed by atoms with Gasteiger partial charge in [-0.3, -0.25) is 9.48 Å². The highest BCUT2D eigenvalue weighted by Crippen LogP contribution is 2.38. The largest absolute Gasteiger partial charge is 0.486 e. The van der Waals surface area contributed by atoms with Crippen LogP contribution >= 0.6 is 11.6 Å². The van der Waals surface area contributed by atoms with Gasteiger partial charge in [0.05, 0.1) is 17.3 Å². The molecule has 0 N–H and O–H groups in total. The molecule has 0 aliphatic carbocycles. The van der Waals surface area contributed by atoms with Crippen molar-refractivity contribution in [1.82, 2.24) is 19.2 Å². The maximum atomic E-state index is 12.5. The smallest absolute Gasteiger partial charge is 0.274 e. The van der Waals surface area contributed by atoms with Crippen LogP contribution in [0.2, 0.25) is 5.02 Å². The van der Waals surface area contributed by atoms with Crippen LogP contribution in [0.3, 0.4) is 0 Å². The van der Waals surface area contributed by atoms with Crippen molar-refractivity contribution in [3.63, 3.8) is 0 Å². The van der Waals surface area contributed by atoms with Gasteiger partial charge in [0.25, 0.3) is 11.3 Å². The molecule has 0 fully saturated rings. The number of hydrogen-bond donors (Lipinski definition) is 0. The summed E-state index contributed by atoms with van der Waals surface area (Å²) >= 11 is 6.30. The number of aromatic nitrogens is 4. The van der Waals surface area contributed by atoms with Crippen LogP contribution in [0.5, 0.6) is 11.5 Å². The Balaban J connectivity index is 1.68. The fraction of sp³-hybridized carbons (Fsp3) is 0.389. The average molecular weight is 375 g/mol. The maximum absolute atomic E-state index is 12.5. The normalized spacial score (nSPS) is 13.3. The van der Waals surface area contributed by atoms with Gasteiger partial charge in [-0.1, -0.05) is 24.9 Å². The second-order valence-corrected chi connectivity index (χ2v) is 6.65. The van der Waals surface area contributed by atoms with Crippen molar-refractivity contribution in [3.8, 4) is 11.5 Å². The van der Waals surface area contributed by atoms with E-state index in [1.807, 2.05) is 12.1 Å². The van der Waals surface area contributed by atoms with E-state index in [1.54, 1.807) is 17.1 Å². The summed E-state index contributed by atoms with van der Waals surface area (Å²) in [5.41, 5.74) is 1.53. The van der Waals surface area contributed by atoms with Gasteiger partial charge in [0.15, 0.2) is 11.5 Å². The van der Waals surface area contributed by atoms with Gasteiger partial charge in [-0.05, 0) is 30.5 Å². The first kappa shape index (κ1) is 16.9. The van der Waals surface area contributed by atoms with Crippen LogP contribution in [0.15, 0.2) is 29.3 Å². The van der Waals surface area contributed by atoms with E-state index in [4.69, 9.17) is 21.1 Å². The molecule has 3 aromatic rings. The predicted molar refractivity (Wildman–Crippen MR) is 97.4 cm³/mol. The van der Waals surface area contributed by atoms with Crippen molar-refractivity contribution in [2.24, 2.45) is 0 Å². The molecule has 3 heterocycles. The molecule has 136 valence electrons. The molecule has 0 amide bonds. The first-order valence-corrected chi connectivity index (χ1v) is 9.05. The fourth-order valence-electron chi connectivity index (χ4n) is 3.05. The van der Waals surface area contributed by atoms with Crippen LogP contribution < -0.4 is 15.0 Å². The summed E-state index contributed by atoms with van der Waals surface area (Å²) in [6, 6.07) is 5.27. The van der Waals surface area contributed by atoms with Crippen LogP contribution in [0.25, 0.3) is 5.78 Å². The van der Waals surface area contributed by atoms with Crippen molar-refractivity contribution < 1.29 is 9.47 Å². The second kappa shape index (κ2) is 6.99. The Morgan fingerprint density at radius 3 is 2.92 bits per heavy atom. The Morgan fingerprint density at radius 1 is 1.23 bits per heavy atom.